The predicted octanol–water partition coefficient (Wildman–Crippen LogP) is 1.86. The smallest absolute Gasteiger partial charge is 0.253 e. The third kappa shape index (κ3) is 2.77. The van der Waals surface area contributed by atoms with Crippen LogP contribution in [0, 0.1) is 0 Å². The number of carbonyl (C=O) groups excluding carboxylic acids is 1. The summed E-state index contributed by atoms with van der Waals surface area (Å²) in [6.45, 7) is 0. The minimum atomic E-state index is 0.0472. The number of hydrogen-bond donors (Lipinski definition) is 1. The third-order valence-electron chi connectivity index (χ3n) is 1.98. The van der Waals surface area contributed by atoms with Crippen LogP contribution in [0.5, 0.6) is 0 Å². The Morgan fingerprint density at radius 2 is 2.14 bits per heavy atom. The van der Waals surface area contributed by atoms with E-state index in [1.807, 2.05) is 24.3 Å². The van der Waals surface area contributed by atoms with Gasteiger partial charge in [-0.15, -0.1) is 0 Å². The van der Waals surface area contributed by atoms with Crippen molar-refractivity contribution in [1.29, 1.82) is 0 Å². The molecule has 0 aliphatic carbocycles. The maximum absolute atomic E-state index is 11.6. The maximum Gasteiger partial charge on any atom is 0.253 e. The lowest BCUT2D eigenvalue weighted by atomic mass is 10.1. The summed E-state index contributed by atoms with van der Waals surface area (Å²) >= 11 is 4.16. The molecular formula is C11H15NOS. The SMILES string of the molecule is CN(C)C(=O)c1cccc(CCS)c1. The molecule has 0 heterocycles. The van der Waals surface area contributed by atoms with Crippen molar-refractivity contribution in [2.45, 2.75) is 6.42 Å². The van der Waals surface area contributed by atoms with Gasteiger partial charge in [-0.05, 0) is 29.9 Å². The van der Waals surface area contributed by atoms with Crippen molar-refractivity contribution in [3.05, 3.63) is 35.4 Å². The molecule has 0 unspecified atom stereocenters. The molecule has 1 rings (SSSR count). The van der Waals surface area contributed by atoms with E-state index in [0.717, 1.165) is 23.3 Å². The van der Waals surface area contributed by atoms with Gasteiger partial charge in [-0.1, -0.05) is 12.1 Å². The molecule has 0 fully saturated rings. The van der Waals surface area contributed by atoms with Crippen LogP contribution in [0.3, 0.4) is 0 Å². The van der Waals surface area contributed by atoms with Crippen LogP contribution in [0.1, 0.15) is 15.9 Å². The van der Waals surface area contributed by atoms with Crippen molar-refractivity contribution < 1.29 is 4.79 Å². The molecule has 0 aromatic heterocycles. The summed E-state index contributed by atoms with van der Waals surface area (Å²) in [6, 6.07) is 7.70. The van der Waals surface area contributed by atoms with Crippen molar-refractivity contribution in [1.82, 2.24) is 4.90 Å². The van der Waals surface area contributed by atoms with Crippen LogP contribution in [0.25, 0.3) is 0 Å². The molecule has 2 nitrogen and oxygen atoms in total. The molecule has 0 aliphatic rings. The minimum Gasteiger partial charge on any atom is -0.345 e. The van der Waals surface area contributed by atoms with E-state index >= 15 is 0 Å². The number of nitrogens with zero attached hydrogens (tertiary/aromatic N) is 1. The van der Waals surface area contributed by atoms with Crippen LogP contribution in [0.4, 0.5) is 0 Å². The summed E-state index contributed by atoms with van der Waals surface area (Å²) in [7, 11) is 3.52. The number of rotatable bonds is 3. The second-order valence-corrected chi connectivity index (χ2v) is 3.82. The Morgan fingerprint density at radius 1 is 1.43 bits per heavy atom. The van der Waals surface area contributed by atoms with Crippen LogP contribution in [0.15, 0.2) is 24.3 Å². The van der Waals surface area contributed by atoms with E-state index in [4.69, 9.17) is 0 Å². The van der Waals surface area contributed by atoms with E-state index in [-0.39, 0.29) is 5.91 Å². The summed E-state index contributed by atoms with van der Waals surface area (Å²) < 4.78 is 0. The number of hydrogen-bond acceptors (Lipinski definition) is 2. The molecule has 0 spiro atoms. The zero-order chi connectivity index (χ0) is 10.6. The molecule has 1 aromatic carbocycles. The fourth-order valence-electron chi connectivity index (χ4n) is 1.25. The topological polar surface area (TPSA) is 20.3 Å². The van der Waals surface area contributed by atoms with Gasteiger partial charge in [0.1, 0.15) is 0 Å². The van der Waals surface area contributed by atoms with Gasteiger partial charge >= 0.3 is 0 Å². The maximum atomic E-state index is 11.6. The van der Waals surface area contributed by atoms with Gasteiger partial charge in [0.05, 0.1) is 0 Å². The fourth-order valence-corrected chi connectivity index (χ4v) is 1.51. The number of thiol groups is 1. The normalized spacial score (nSPS) is 9.93. The van der Waals surface area contributed by atoms with Crippen molar-refractivity contribution in [3.8, 4) is 0 Å². The van der Waals surface area contributed by atoms with Crippen molar-refractivity contribution in [2.75, 3.05) is 19.8 Å². The molecule has 0 aliphatic heterocycles. The van der Waals surface area contributed by atoms with E-state index in [0.29, 0.717) is 0 Å². The average Bonchev–Trinajstić information content (AvgIpc) is 2.17. The van der Waals surface area contributed by atoms with E-state index in [9.17, 15) is 4.79 Å². The van der Waals surface area contributed by atoms with E-state index in [2.05, 4.69) is 12.6 Å². The van der Waals surface area contributed by atoms with Gasteiger partial charge in [0.15, 0.2) is 0 Å². The van der Waals surface area contributed by atoms with Gasteiger partial charge in [0, 0.05) is 19.7 Å². The Balaban J connectivity index is 2.88. The highest BCUT2D eigenvalue weighted by Gasteiger charge is 2.07. The average molecular weight is 209 g/mol. The Bertz CT molecular complexity index is 323. The summed E-state index contributed by atoms with van der Waals surface area (Å²) in [5.74, 6) is 0.852. The summed E-state index contributed by atoms with van der Waals surface area (Å²) in [5.41, 5.74) is 1.90. The lowest BCUT2D eigenvalue weighted by molar-refractivity contribution is 0.0827. The first-order valence-corrected chi connectivity index (χ1v) is 5.20. The predicted molar refractivity (Wildman–Crippen MR) is 62.0 cm³/mol. The second kappa shape index (κ2) is 5.05. The largest absolute Gasteiger partial charge is 0.345 e. The zero-order valence-electron chi connectivity index (χ0n) is 8.53. The van der Waals surface area contributed by atoms with E-state index in [1.54, 1.807) is 19.0 Å². The third-order valence-corrected chi connectivity index (χ3v) is 2.20. The van der Waals surface area contributed by atoms with Crippen molar-refractivity contribution in [3.63, 3.8) is 0 Å². The van der Waals surface area contributed by atoms with Crippen molar-refractivity contribution in [2.24, 2.45) is 0 Å². The van der Waals surface area contributed by atoms with Gasteiger partial charge < -0.3 is 4.90 Å². The molecule has 0 saturated heterocycles. The summed E-state index contributed by atoms with van der Waals surface area (Å²) in [4.78, 5) is 13.2. The quantitative estimate of drug-likeness (QED) is 0.753. The van der Waals surface area contributed by atoms with Gasteiger partial charge in [-0.2, -0.15) is 12.6 Å². The molecule has 0 bridgehead atoms. The Hall–Kier alpha value is -0.960. The van der Waals surface area contributed by atoms with Crippen LogP contribution >= 0.6 is 12.6 Å². The lowest BCUT2D eigenvalue weighted by Gasteiger charge is -2.10. The molecule has 1 amide bonds. The monoisotopic (exact) mass is 209 g/mol. The number of carbonyl (C=O) groups is 1. The minimum absolute atomic E-state index is 0.0472. The summed E-state index contributed by atoms with van der Waals surface area (Å²) in [5, 5.41) is 0. The number of amides is 1. The fraction of sp³-hybridized carbons (Fsp3) is 0.364. The highest BCUT2D eigenvalue weighted by molar-refractivity contribution is 7.80. The molecule has 1 aromatic rings. The molecule has 76 valence electrons. The molecule has 14 heavy (non-hydrogen) atoms. The lowest BCUT2D eigenvalue weighted by Crippen LogP contribution is -2.21. The molecule has 0 saturated carbocycles. The second-order valence-electron chi connectivity index (χ2n) is 3.37. The number of benzene rings is 1. The van der Waals surface area contributed by atoms with Gasteiger partial charge in [-0.25, -0.2) is 0 Å². The van der Waals surface area contributed by atoms with Crippen LogP contribution in [-0.4, -0.2) is 30.7 Å². The zero-order valence-corrected chi connectivity index (χ0v) is 9.42. The molecule has 0 N–H and O–H groups in total. The number of aryl methyl sites for hydroxylation is 1. The molecule has 0 atom stereocenters. The van der Waals surface area contributed by atoms with E-state index in [1.165, 1.54) is 0 Å². The Labute approximate surface area is 90.3 Å². The Kier molecular flexibility index (Phi) is 4.01. The van der Waals surface area contributed by atoms with Crippen molar-refractivity contribution >= 4 is 18.5 Å². The molecular weight excluding hydrogens is 194 g/mol. The first kappa shape index (κ1) is 11.1. The molecule has 0 radical (unpaired) electrons. The first-order chi connectivity index (χ1) is 6.65. The molecule has 3 heteroatoms. The van der Waals surface area contributed by atoms with Crippen LogP contribution in [0.2, 0.25) is 0 Å². The van der Waals surface area contributed by atoms with Gasteiger partial charge in [0.2, 0.25) is 0 Å². The summed E-state index contributed by atoms with van der Waals surface area (Å²) in [6.07, 6.45) is 0.900. The van der Waals surface area contributed by atoms with Crippen LogP contribution in [-0.2, 0) is 6.42 Å². The first-order valence-electron chi connectivity index (χ1n) is 4.56. The van der Waals surface area contributed by atoms with Crippen LogP contribution < -0.4 is 0 Å². The highest BCUT2D eigenvalue weighted by Crippen LogP contribution is 2.08. The standard InChI is InChI=1S/C11H15NOS/c1-12(2)11(13)10-5-3-4-9(8-10)6-7-14/h3-5,8,14H,6-7H2,1-2H3. The highest BCUT2D eigenvalue weighted by atomic mass is 32.1. The van der Waals surface area contributed by atoms with Gasteiger partial charge in [0.25, 0.3) is 5.91 Å². The van der Waals surface area contributed by atoms with Gasteiger partial charge in [-0.3, -0.25) is 4.79 Å². The van der Waals surface area contributed by atoms with E-state index < -0.39 is 0 Å². The Morgan fingerprint density at radius 3 is 2.71 bits per heavy atom.